The van der Waals surface area contributed by atoms with Crippen molar-refractivity contribution < 1.29 is 19.0 Å². The van der Waals surface area contributed by atoms with E-state index >= 15 is 0 Å². The smallest absolute Gasteiger partial charge is 0.317 e. The molecule has 0 aliphatic carbocycles. The van der Waals surface area contributed by atoms with E-state index in [1.54, 1.807) is 25.4 Å². The predicted octanol–water partition coefficient (Wildman–Crippen LogP) is 3.83. The number of urea groups is 1. The number of anilines is 2. The number of nitrogens with zero attached hydrogens (tertiary/aromatic N) is 4. The van der Waals surface area contributed by atoms with E-state index in [9.17, 15) is 4.79 Å². The number of pyridine rings is 1. The number of hydrogen-bond donors (Lipinski definition) is 3. The van der Waals surface area contributed by atoms with E-state index in [1.807, 2.05) is 4.90 Å². The van der Waals surface area contributed by atoms with Gasteiger partial charge in [-0.05, 0) is 18.9 Å². The molecule has 13 heteroatoms. The molecule has 0 spiro atoms. The number of ether oxygens (including phenoxy) is 3. The number of carbonyl (C=O) groups is 1. The van der Waals surface area contributed by atoms with Crippen LogP contribution in [0.4, 0.5) is 16.6 Å². The van der Waals surface area contributed by atoms with Gasteiger partial charge < -0.3 is 35.5 Å². The molecule has 2 amide bonds. The summed E-state index contributed by atoms with van der Waals surface area (Å²) in [6.07, 6.45) is 3.95. The fourth-order valence-electron chi connectivity index (χ4n) is 3.98. The highest BCUT2D eigenvalue weighted by Gasteiger charge is 2.24. The lowest BCUT2D eigenvalue weighted by Gasteiger charge is -2.28. The highest BCUT2D eigenvalue weighted by molar-refractivity contribution is 6.41. The Morgan fingerprint density at radius 1 is 1.11 bits per heavy atom. The van der Waals surface area contributed by atoms with E-state index in [4.69, 9.17) is 48.1 Å². The molecule has 0 atom stereocenters. The van der Waals surface area contributed by atoms with Crippen LogP contribution in [0.25, 0.3) is 22.2 Å². The van der Waals surface area contributed by atoms with Crippen molar-refractivity contribution >= 4 is 51.9 Å². The standard InChI is InChI=1S/C18H17Cl2N5O3.C6H12N2O/c1-26-11-4-12(27-2)15(20)13(14(11)19)10-3-8-5-22-18(21)25-16(8)17(24-10)23-9-6-28-7-9;1-7-6(9)8-4-2-3-5-8/h3-5,9H,6-7H2,1-2H3,(H,23,24)(H2,21,22,25);2-5H2,1H3,(H,7,9). The molecular formula is C24H29Cl2N7O4. The van der Waals surface area contributed by atoms with Crippen LogP contribution in [0.2, 0.25) is 10.0 Å². The van der Waals surface area contributed by atoms with Gasteiger partial charge >= 0.3 is 6.03 Å². The first-order chi connectivity index (χ1) is 17.9. The second-order valence-corrected chi connectivity index (χ2v) is 9.19. The van der Waals surface area contributed by atoms with E-state index in [-0.39, 0.29) is 18.0 Å². The number of carbonyl (C=O) groups excluding carboxylic acids is 1. The van der Waals surface area contributed by atoms with Crippen molar-refractivity contribution in [2.24, 2.45) is 0 Å². The molecule has 2 fully saturated rings. The summed E-state index contributed by atoms with van der Waals surface area (Å²) in [6, 6.07) is 3.62. The average Bonchev–Trinajstić information content (AvgIpc) is 3.42. The fourth-order valence-corrected chi connectivity index (χ4v) is 4.68. The SMILES string of the molecule is CNC(=O)N1CCCC1.COc1cc(OC)c(Cl)c(-c2cc3cnc(N)nc3c(NC3COC3)n2)c1Cl. The predicted molar refractivity (Wildman–Crippen MR) is 144 cm³/mol. The summed E-state index contributed by atoms with van der Waals surface area (Å²) < 4.78 is 15.9. The maximum atomic E-state index is 10.8. The molecule has 3 aromatic rings. The van der Waals surface area contributed by atoms with Gasteiger partial charge in [-0.2, -0.15) is 0 Å². The summed E-state index contributed by atoms with van der Waals surface area (Å²) >= 11 is 13.1. The van der Waals surface area contributed by atoms with Crippen molar-refractivity contribution in [3.8, 4) is 22.8 Å². The van der Waals surface area contributed by atoms with E-state index in [0.717, 1.165) is 31.3 Å². The number of halogens is 2. The molecule has 4 N–H and O–H groups in total. The molecule has 1 aromatic carbocycles. The van der Waals surface area contributed by atoms with Crippen LogP contribution in [0.3, 0.4) is 0 Å². The lowest BCUT2D eigenvalue weighted by Crippen LogP contribution is -2.40. The van der Waals surface area contributed by atoms with Gasteiger partial charge in [0.1, 0.15) is 17.0 Å². The Bertz CT molecular complexity index is 1260. The van der Waals surface area contributed by atoms with E-state index in [2.05, 4.69) is 20.6 Å². The number of amides is 2. The first kappa shape index (κ1) is 26.8. The van der Waals surface area contributed by atoms with Gasteiger partial charge in [0, 0.05) is 43.4 Å². The van der Waals surface area contributed by atoms with Crippen molar-refractivity contribution in [3.63, 3.8) is 0 Å². The zero-order chi connectivity index (χ0) is 26.5. The number of hydrogen-bond acceptors (Lipinski definition) is 9. The molecule has 37 heavy (non-hydrogen) atoms. The van der Waals surface area contributed by atoms with Crippen LogP contribution in [-0.2, 0) is 4.74 Å². The van der Waals surface area contributed by atoms with Gasteiger partial charge in [0.2, 0.25) is 5.95 Å². The molecule has 11 nitrogen and oxygen atoms in total. The third-order valence-corrected chi connectivity index (χ3v) is 6.75. The maximum Gasteiger partial charge on any atom is 0.317 e. The Balaban J connectivity index is 0.000000301. The van der Waals surface area contributed by atoms with Crippen LogP contribution < -0.4 is 25.8 Å². The Kier molecular flexibility index (Phi) is 8.57. The number of nitrogens with two attached hydrogens (primary N) is 1. The number of aromatic nitrogens is 3. The van der Waals surface area contributed by atoms with Gasteiger partial charge in [-0.25, -0.2) is 19.7 Å². The Morgan fingerprint density at radius 2 is 1.76 bits per heavy atom. The highest BCUT2D eigenvalue weighted by Crippen LogP contribution is 2.46. The largest absolute Gasteiger partial charge is 0.495 e. The average molecular weight is 550 g/mol. The lowest BCUT2D eigenvalue weighted by molar-refractivity contribution is 0.0210. The van der Waals surface area contributed by atoms with Gasteiger partial charge in [-0.15, -0.1) is 0 Å². The molecule has 0 unspecified atom stereocenters. The van der Waals surface area contributed by atoms with Crippen LogP contribution in [0, 0.1) is 0 Å². The molecule has 2 aliphatic rings. The van der Waals surface area contributed by atoms with Gasteiger partial charge in [-0.1, -0.05) is 23.2 Å². The molecule has 0 saturated carbocycles. The van der Waals surface area contributed by atoms with E-state index in [0.29, 0.717) is 57.3 Å². The van der Waals surface area contributed by atoms with Crippen LogP contribution >= 0.6 is 23.2 Å². The van der Waals surface area contributed by atoms with Crippen molar-refractivity contribution in [2.75, 3.05) is 58.6 Å². The number of benzene rings is 1. The number of nitrogen functional groups attached to an aromatic ring is 1. The third-order valence-electron chi connectivity index (χ3n) is 6.00. The van der Waals surface area contributed by atoms with Crippen molar-refractivity contribution in [1.29, 1.82) is 0 Å². The van der Waals surface area contributed by atoms with Gasteiger partial charge in [0.05, 0.1) is 49.2 Å². The summed E-state index contributed by atoms with van der Waals surface area (Å²) in [5.74, 6) is 1.56. The molecule has 5 rings (SSSR count). The number of fused-ring (bicyclic) bond motifs is 1. The number of methoxy groups -OCH3 is 2. The quantitative estimate of drug-likeness (QED) is 0.433. The Labute approximate surface area is 224 Å². The number of likely N-dealkylation sites (tertiary alicyclic amines) is 1. The monoisotopic (exact) mass is 549 g/mol. The Morgan fingerprint density at radius 3 is 2.30 bits per heavy atom. The second-order valence-electron chi connectivity index (χ2n) is 8.43. The van der Waals surface area contributed by atoms with Crippen LogP contribution in [0.1, 0.15) is 12.8 Å². The zero-order valence-electron chi connectivity index (χ0n) is 20.8. The van der Waals surface area contributed by atoms with Gasteiger partial charge in [0.25, 0.3) is 0 Å². The molecule has 2 aliphatic heterocycles. The highest BCUT2D eigenvalue weighted by atomic mass is 35.5. The minimum Gasteiger partial charge on any atom is -0.495 e. The minimum absolute atomic E-state index is 0.0625. The van der Waals surface area contributed by atoms with Crippen molar-refractivity contribution in [2.45, 2.75) is 18.9 Å². The fraction of sp³-hybridized carbons (Fsp3) is 0.417. The molecule has 0 radical (unpaired) electrons. The molecule has 2 aromatic heterocycles. The van der Waals surface area contributed by atoms with Crippen LogP contribution in [-0.4, -0.2) is 79.5 Å². The van der Waals surface area contributed by atoms with Crippen LogP contribution in [0.5, 0.6) is 11.5 Å². The molecule has 2 saturated heterocycles. The van der Waals surface area contributed by atoms with Crippen molar-refractivity contribution in [3.05, 3.63) is 28.4 Å². The summed E-state index contributed by atoms with van der Waals surface area (Å²) in [5, 5.41) is 7.31. The molecular weight excluding hydrogens is 521 g/mol. The summed E-state index contributed by atoms with van der Waals surface area (Å²) in [6.45, 7) is 3.03. The topological polar surface area (TPSA) is 137 Å². The summed E-state index contributed by atoms with van der Waals surface area (Å²) in [4.78, 5) is 25.8. The molecule has 0 bridgehead atoms. The third kappa shape index (κ3) is 5.84. The zero-order valence-corrected chi connectivity index (χ0v) is 22.3. The van der Waals surface area contributed by atoms with E-state index in [1.165, 1.54) is 14.2 Å². The van der Waals surface area contributed by atoms with Crippen LogP contribution in [0.15, 0.2) is 18.3 Å². The number of nitrogens with one attached hydrogen (secondary N) is 2. The first-order valence-electron chi connectivity index (χ1n) is 11.7. The van der Waals surface area contributed by atoms with E-state index < -0.39 is 0 Å². The summed E-state index contributed by atoms with van der Waals surface area (Å²) in [7, 11) is 4.71. The van der Waals surface area contributed by atoms with Crippen molar-refractivity contribution in [1.82, 2.24) is 25.2 Å². The first-order valence-corrected chi connectivity index (χ1v) is 12.5. The second kappa shape index (κ2) is 11.8. The Hall–Kier alpha value is -3.28. The normalized spacial score (nSPS) is 15.0. The summed E-state index contributed by atoms with van der Waals surface area (Å²) in [5.41, 5.74) is 7.38. The molecule has 198 valence electrons. The number of rotatable bonds is 5. The lowest BCUT2D eigenvalue weighted by atomic mass is 10.1. The van der Waals surface area contributed by atoms with Gasteiger partial charge in [0.15, 0.2) is 5.82 Å². The molecule has 4 heterocycles. The maximum absolute atomic E-state index is 10.8. The minimum atomic E-state index is 0.0625. The van der Waals surface area contributed by atoms with Gasteiger partial charge in [-0.3, -0.25) is 0 Å².